The molecule has 2 aromatic rings. The van der Waals surface area contributed by atoms with Gasteiger partial charge in [-0.05, 0) is 12.1 Å². The Balaban J connectivity index is 1.71. The first-order chi connectivity index (χ1) is 11.1. The van der Waals surface area contributed by atoms with Gasteiger partial charge in [-0.25, -0.2) is 4.39 Å². The normalized spacial score (nSPS) is 16.2. The molecule has 1 aromatic carbocycles. The summed E-state index contributed by atoms with van der Waals surface area (Å²) in [6.07, 6.45) is -0.958. The lowest BCUT2D eigenvalue weighted by Gasteiger charge is -2.27. The minimum Gasteiger partial charge on any atom is -0.497 e. The van der Waals surface area contributed by atoms with Gasteiger partial charge in [0.2, 0.25) is 0 Å². The van der Waals surface area contributed by atoms with Gasteiger partial charge in [0, 0.05) is 31.3 Å². The maximum atomic E-state index is 14.1. The van der Waals surface area contributed by atoms with Crippen molar-refractivity contribution >= 4 is 0 Å². The van der Waals surface area contributed by atoms with E-state index < -0.39 is 6.10 Å². The Hall–Kier alpha value is -1.96. The number of halogens is 1. The van der Waals surface area contributed by atoms with E-state index in [1.54, 1.807) is 18.2 Å². The van der Waals surface area contributed by atoms with Crippen LogP contribution < -0.4 is 4.74 Å². The number of hydrogen-bond acceptors (Lipinski definition) is 5. The standard InChI is InChI=1S/C16H20FN3O3/c1-23-13-3-2-11(14(17)7-13)8-19-4-5-20-12(9-19)6-15(18-20)16(22)10-21/h2-3,6-7,16,21-22H,4-5,8-10H2,1H3/t16-/m0/s1. The number of rotatable bonds is 5. The van der Waals surface area contributed by atoms with E-state index in [1.165, 1.54) is 13.2 Å². The summed E-state index contributed by atoms with van der Waals surface area (Å²) >= 11 is 0. The van der Waals surface area contributed by atoms with Crippen molar-refractivity contribution in [3.8, 4) is 5.75 Å². The molecule has 6 nitrogen and oxygen atoms in total. The summed E-state index contributed by atoms with van der Waals surface area (Å²) in [5.41, 5.74) is 2.04. The Labute approximate surface area is 133 Å². The van der Waals surface area contributed by atoms with Crippen LogP contribution in [0, 0.1) is 5.82 Å². The van der Waals surface area contributed by atoms with Crippen LogP contribution in [0.25, 0.3) is 0 Å². The van der Waals surface area contributed by atoms with Crippen molar-refractivity contribution in [3.63, 3.8) is 0 Å². The number of aliphatic hydroxyl groups excluding tert-OH is 2. The molecule has 0 radical (unpaired) electrons. The fourth-order valence-corrected chi connectivity index (χ4v) is 2.76. The molecule has 0 spiro atoms. The van der Waals surface area contributed by atoms with E-state index in [9.17, 15) is 9.50 Å². The highest BCUT2D eigenvalue weighted by Gasteiger charge is 2.21. The summed E-state index contributed by atoms with van der Waals surface area (Å²) in [5, 5.41) is 23.0. The van der Waals surface area contributed by atoms with E-state index in [0.29, 0.717) is 36.6 Å². The first-order valence-electron chi connectivity index (χ1n) is 7.51. The van der Waals surface area contributed by atoms with Gasteiger partial charge in [-0.2, -0.15) is 5.10 Å². The van der Waals surface area contributed by atoms with Crippen LogP contribution in [0.2, 0.25) is 0 Å². The maximum absolute atomic E-state index is 14.1. The van der Waals surface area contributed by atoms with Gasteiger partial charge in [0.15, 0.2) is 0 Å². The lowest BCUT2D eigenvalue weighted by atomic mass is 10.1. The number of nitrogens with zero attached hydrogens (tertiary/aromatic N) is 3. The molecule has 0 fully saturated rings. The highest BCUT2D eigenvalue weighted by molar-refractivity contribution is 5.29. The van der Waals surface area contributed by atoms with Gasteiger partial charge in [0.05, 0.1) is 31.6 Å². The summed E-state index contributed by atoms with van der Waals surface area (Å²) in [4.78, 5) is 2.12. The predicted octanol–water partition coefficient (Wildman–Crippen LogP) is 1.07. The number of aliphatic hydroxyl groups is 2. The molecule has 124 valence electrons. The van der Waals surface area contributed by atoms with E-state index >= 15 is 0 Å². The zero-order valence-electron chi connectivity index (χ0n) is 12.9. The highest BCUT2D eigenvalue weighted by atomic mass is 19.1. The summed E-state index contributed by atoms with van der Waals surface area (Å²) in [5.74, 6) is 0.227. The number of benzene rings is 1. The molecule has 1 aliphatic heterocycles. The Morgan fingerprint density at radius 1 is 1.35 bits per heavy atom. The monoisotopic (exact) mass is 321 g/mol. The van der Waals surface area contributed by atoms with Crippen LogP contribution in [-0.4, -0.2) is 45.2 Å². The van der Waals surface area contributed by atoms with Crippen molar-refractivity contribution in [1.29, 1.82) is 0 Å². The Morgan fingerprint density at radius 2 is 2.17 bits per heavy atom. The largest absolute Gasteiger partial charge is 0.497 e. The second kappa shape index (κ2) is 6.66. The number of methoxy groups -OCH3 is 1. The van der Waals surface area contributed by atoms with Crippen LogP contribution in [0.1, 0.15) is 23.1 Å². The minimum atomic E-state index is -0.958. The smallest absolute Gasteiger partial charge is 0.131 e. The van der Waals surface area contributed by atoms with Crippen LogP contribution in [-0.2, 0) is 19.6 Å². The molecule has 23 heavy (non-hydrogen) atoms. The first-order valence-corrected chi connectivity index (χ1v) is 7.51. The Morgan fingerprint density at radius 3 is 2.87 bits per heavy atom. The van der Waals surface area contributed by atoms with Crippen LogP contribution >= 0.6 is 0 Å². The van der Waals surface area contributed by atoms with Crippen molar-refractivity contribution in [2.75, 3.05) is 20.3 Å². The molecule has 0 aliphatic carbocycles. The maximum Gasteiger partial charge on any atom is 0.131 e. The molecule has 0 bridgehead atoms. The van der Waals surface area contributed by atoms with Gasteiger partial charge in [-0.15, -0.1) is 0 Å². The lowest BCUT2D eigenvalue weighted by Crippen LogP contribution is -2.33. The fourth-order valence-electron chi connectivity index (χ4n) is 2.76. The van der Waals surface area contributed by atoms with E-state index in [2.05, 4.69) is 10.00 Å². The highest BCUT2D eigenvalue weighted by Crippen LogP contribution is 2.22. The number of fused-ring (bicyclic) bond motifs is 1. The average Bonchev–Trinajstić information content (AvgIpc) is 2.99. The van der Waals surface area contributed by atoms with Crippen molar-refractivity contribution in [2.45, 2.75) is 25.7 Å². The van der Waals surface area contributed by atoms with Crippen molar-refractivity contribution in [1.82, 2.24) is 14.7 Å². The lowest BCUT2D eigenvalue weighted by molar-refractivity contribution is 0.0915. The zero-order valence-corrected chi connectivity index (χ0v) is 12.9. The molecule has 1 atom stereocenters. The third kappa shape index (κ3) is 3.36. The molecule has 0 amide bonds. The minimum absolute atomic E-state index is 0.278. The second-order valence-electron chi connectivity index (χ2n) is 5.65. The molecule has 0 unspecified atom stereocenters. The molecule has 0 saturated carbocycles. The zero-order chi connectivity index (χ0) is 16.4. The number of aromatic nitrogens is 2. The molecular formula is C16H20FN3O3. The van der Waals surface area contributed by atoms with E-state index in [4.69, 9.17) is 9.84 Å². The quantitative estimate of drug-likeness (QED) is 0.862. The second-order valence-corrected chi connectivity index (χ2v) is 5.65. The summed E-state index contributed by atoms with van der Waals surface area (Å²) in [6, 6.07) is 6.67. The molecule has 2 N–H and O–H groups in total. The van der Waals surface area contributed by atoms with Crippen LogP contribution in [0.4, 0.5) is 4.39 Å². The SMILES string of the molecule is COc1ccc(CN2CCn3nc([C@@H](O)CO)cc3C2)c(F)c1. The van der Waals surface area contributed by atoms with Crippen molar-refractivity contribution in [2.24, 2.45) is 0 Å². The summed E-state index contributed by atoms with van der Waals surface area (Å²) in [7, 11) is 1.51. The molecule has 1 aromatic heterocycles. The van der Waals surface area contributed by atoms with Gasteiger partial charge in [-0.1, -0.05) is 6.07 Å². The van der Waals surface area contributed by atoms with Gasteiger partial charge in [0.25, 0.3) is 0 Å². The molecule has 0 saturated heterocycles. The number of ether oxygens (including phenoxy) is 1. The topological polar surface area (TPSA) is 70.8 Å². The van der Waals surface area contributed by atoms with Crippen molar-refractivity contribution < 1.29 is 19.3 Å². The van der Waals surface area contributed by atoms with Crippen LogP contribution in [0.3, 0.4) is 0 Å². The Bertz CT molecular complexity index is 689. The van der Waals surface area contributed by atoms with Crippen LogP contribution in [0.5, 0.6) is 5.75 Å². The molecule has 1 aliphatic rings. The van der Waals surface area contributed by atoms with E-state index in [0.717, 1.165) is 12.2 Å². The van der Waals surface area contributed by atoms with E-state index in [-0.39, 0.29) is 12.4 Å². The third-order valence-corrected chi connectivity index (χ3v) is 4.06. The predicted molar refractivity (Wildman–Crippen MR) is 81.3 cm³/mol. The van der Waals surface area contributed by atoms with Crippen LogP contribution in [0.15, 0.2) is 24.3 Å². The molecule has 7 heteroatoms. The Kier molecular flexibility index (Phi) is 4.61. The van der Waals surface area contributed by atoms with E-state index in [1.807, 2.05) is 4.68 Å². The summed E-state index contributed by atoms with van der Waals surface area (Å²) < 4.78 is 20.9. The first kappa shape index (κ1) is 15.9. The van der Waals surface area contributed by atoms with Crippen molar-refractivity contribution in [3.05, 3.63) is 47.0 Å². The number of hydrogen-bond donors (Lipinski definition) is 2. The molecule has 2 heterocycles. The van der Waals surface area contributed by atoms with Gasteiger partial charge < -0.3 is 14.9 Å². The molecule has 3 rings (SSSR count). The fraction of sp³-hybridized carbons (Fsp3) is 0.438. The molecular weight excluding hydrogens is 301 g/mol. The summed E-state index contributed by atoms with van der Waals surface area (Å²) in [6.45, 7) is 2.19. The third-order valence-electron chi connectivity index (χ3n) is 4.06. The average molecular weight is 321 g/mol. The van der Waals surface area contributed by atoms with Gasteiger partial charge in [-0.3, -0.25) is 9.58 Å². The van der Waals surface area contributed by atoms with Gasteiger partial charge >= 0.3 is 0 Å². The van der Waals surface area contributed by atoms with Gasteiger partial charge in [0.1, 0.15) is 17.7 Å².